The first-order chi connectivity index (χ1) is 5.49. The van der Waals surface area contributed by atoms with Crippen molar-refractivity contribution < 1.29 is 4.79 Å². The lowest BCUT2D eigenvalue weighted by molar-refractivity contribution is -0.124. The second kappa shape index (κ2) is 4.80. The maximum Gasteiger partial charge on any atom is 0.248 e. The van der Waals surface area contributed by atoms with E-state index in [2.05, 4.69) is 0 Å². The van der Waals surface area contributed by atoms with Crippen LogP contribution >= 0.6 is 0 Å². The van der Waals surface area contributed by atoms with Crippen molar-refractivity contribution in [3.8, 4) is 0 Å². The van der Waals surface area contributed by atoms with Crippen molar-refractivity contribution in [2.24, 2.45) is 11.7 Å². The largest absolute Gasteiger partial charge is 0.402 e. The van der Waals surface area contributed by atoms with Gasteiger partial charge in [0, 0.05) is 25.4 Å². The molecule has 0 aromatic heterocycles. The number of hydrogen-bond acceptors (Lipinski definition) is 2. The lowest BCUT2D eigenvalue weighted by Crippen LogP contribution is -2.25. The zero-order valence-electron chi connectivity index (χ0n) is 8.29. The van der Waals surface area contributed by atoms with Gasteiger partial charge >= 0.3 is 0 Å². The van der Waals surface area contributed by atoms with E-state index < -0.39 is 0 Å². The van der Waals surface area contributed by atoms with Gasteiger partial charge in [-0.25, -0.2) is 0 Å². The Morgan fingerprint density at radius 1 is 1.58 bits per heavy atom. The summed E-state index contributed by atoms with van der Waals surface area (Å²) in [5.74, 6) is 0.211. The average molecular weight is 170 g/mol. The standard InChI is InChI=1S/C9H18N2O/c1-5-11(4)9(12)6-8(10)7(2)3/h6-7H,5,10H2,1-4H3/b8-6-. The van der Waals surface area contributed by atoms with Crippen LogP contribution in [0.3, 0.4) is 0 Å². The molecule has 0 aromatic carbocycles. The molecule has 0 atom stereocenters. The zero-order chi connectivity index (χ0) is 9.72. The number of likely N-dealkylation sites (N-methyl/N-ethyl adjacent to an activating group) is 1. The van der Waals surface area contributed by atoms with Crippen LogP contribution in [0, 0.1) is 5.92 Å². The molecule has 3 heteroatoms. The van der Waals surface area contributed by atoms with Gasteiger partial charge in [-0.2, -0.15) is 0 Å². The summed E-state index contributed by atoms with van der Waals surface area (Å²) in [5, 5.41) is 0. The molecular weight excluding hydrogens is 152 g/mol. The molecule has 0 unspecified atom stereocenters. The van der Waals surface area contributed by atoms with Crippen LogP contribution in [0.4, 0.5) is 0 Å². The molecule has 0 aromatic rings. The van der Waals surface area contributed by atoms with Gasteiger partial charge in [-0.3, -0.25) is 4.79 Å². The highest BCUT2D eigenvalue weighted by atomic mass is 16.2. The first-order valence-corrected chi connectivity index (χ1v) is 4.21. The predicted octanol–water partition coefficient (Wildman–Crippen LogP) is 0.963. The third kappa shape index (κ3) is 3.42. The second-order valence-electron chi connectivity index (χ2n) is 3.15. The molecule has 0 fully saturated rings. The van der Waals surface area contributed by atoms with Gasteiger partial charge < -0.3 is 10.6 Å². The van der Waals surface area contributed by atoms with Crippen LogP contribution in [0.25, 0.3) is 0 Å². The summed E-state index contributed by atoms with van der Waals surface area (Å²) in [4.78, 5) is 12.9. The van der Waals surface area contributed by atoms with Crippen molar-refractivity contribution in [1.29, 1.82) is 0 Å². The van der Waals surface area contributed by atoms with E-state index in [1.807, 2.05) is 20.8 Å². The number of allylic oxidation sites excluding steroid dienone is 1. The molecule has 0 aliphatic heterocycles. The van der Waals surface area contributed by atoms with Crippen LogP contribution in [0.2, 0.25) is 0 Å². The molecule has 0 bridgehead atoms. The van der Waals surface area contributed by atoms with Crippen LogP contribution in [0.15, 0.2) is 11.8 Å². The van der Waals surface area contributed by atoms with Crippen molar-refractivity contribution in [3.63, 3.8) is 0 Å². The monoisotopic (exact) mass is 170 g/mol. The number of rotatable bonds is 3. The number of carbonyl (C=O) groups is 1. The molecule has 1 amide bonds. The van der Waals surface area contributed by atoms with E-state index in [4.69, 9.17) is 5.73 Å². The maximum atomic E-state index is 11.3. The Morgan fingerprint density at radius 2 is 2.08 bits per heavy atom. The van der Waals surface area contributed by atoms with Crippen molar-refractivity contribution in [3.05, 3.63) is 11.8 Å². The third-order valence-electron chi connectivity index (χ3n) is 1.81. The van der Waals surface area contributed by atoms with E-state index in [1.54, 1.807) is 11.9 Å². The van der Waals surface area contributed by atoms with Gasteiger partial charge in [0.05, 0.1) is 0 Å². The Kier molecular flexibility index (Phi) is 4.40. The predicted molar refractivity (Wildman–Crippen MR) is 50.4 cm³/mol. The molecule has 0 heterocycles. The van der Waals surface area contributed by atoms with E-state index in [0.29, 0.717) is 12.2 Å². The van der Waals surface area contributed by atoms with E-state index in [9.17, 15) is 4.79 Å². The SMILES string of the molecule is CCN(C)C(=O)/C=C(\N)C(C)C. The number of amides is 1. The van der Waals surface area contributed by atoms with E-state index in [0.717, 1.165) is 0 Å². The van der Waals surface area contributed by atoms with Crippen molar-refractivity contribution >= 4 is 5.91 Å². The molecule has 0 saturated carbocycles. The average Bonchev–Trinajstić information content (AvgIpc) is 2.02. The molecule has 12 heavy (non-hydrogen) atoms. The van der Waals surface area contributed by atoms with Crippen LogP contribution in [-0.2, 0) is 4.79 Å². The molecule has 0 saturated heterocycles. The van der Waals surface area contributed by atoms with Gasteiger partial charge in [0.2, 0.25) is 5.91 Å². The van der Waals surface area contributed by atoms with Gasteiger partial charge in [-0.05, 0) is 12.8 Å². The normalized spacial score (nSPS) is 11.9. The van der Waals surface area contributed by atoms with Gasteiger partial charge in [0.25, 0.3) is 0 Å². The molecule has 70 valence electrons. The summed E-state index contributed by atoms with van der Waals surface area (Å²) in [5.41, 5.74) is 6.26. The van der Waals surface area contributed by atoms with E-state index in [1.165, 1.54) is 6.08 Å². The molecule has 0 rings (SSSR count). The fraction of sp³-hybridized carbons (Fsp3) is 0.667. The van der Waals surface area contributed by atoms with Crippen molar-refractivity contribution in [2.75, 3.05) is 13.6 Å². The third-order valence-corrected chi connectivity index (χ3v) is 1.81. The zero-order valence-corrected chi connectivity index (χ0v) is 8.29. The number of nitrogens with two attached hydrogens (primary N) is 1. The Labute approximate surface area is 74.2 Å². The summed E-state index contributed by atoms with van der Waals surface area (Å²) >= 11 is 0. The highest BCUT2D eigenvalue weighted by Gasteiger charge is 2.05. The molecular formula is C9H18N2O. The molecule has 0 spiro atoms. The number of nitrogens with zero attached hydrogens (tertiary/aromatic N) is 1. The Bertz CT molecular complexity index is 185. The minimum absolute atomic E-state index is 0.0244. The fourth-order valence-electron chi connectivity index (χ4n) is 0.575. The van der Waals surface area contributed by atoms with E-state index >= 15 is 0 Å². The minimum atomic E-state index is -0.0244. The van der Waals surface area contributed by atoms with Gasteiger partial charge in [0.15, 0.2) is 0 Å². The lowest BCUT2D eigenvalue weighted by Gasteiger charge is -2.12. The van der Waals surface area contributed by atoms with Gasteiger partial charge in [-0.1, -0.05) is 13.8 Å². The summed E-state index contributed by atoms with van der Waals surface area (Å²) in [6.07, 6.45) is 1.49. The van der Waals surface area contributed by atoms with Gasteiger partial charge in [-0.15, -0.1) is 0 Å². The van der Waals surface area contributed by atoms with Crippen LogP contribution in [0.1, 0.15) is 20.8 Å². The second-order valence-corrected chi connectivity index (χ2v) is 3.15. The van der Waals surface area contributed by atoms with Gasteiger partial charge in [0.1, 0.15) is 0 Å². The minimum Gasteiger partial charge on any atom is -0.402 e. The Morgan fingerprint density at radius 3 is 2.42 bits per heavy atom. The first-order valence-electron chi connectivity index (χ1n) is 4.21. The lowest BCUT2D eigenvalue weighted by atomic mass is 10.1. The highest BCUT2D eigenvalue weighted by Crippen LogP contribution is 2.02. The quantitative estimate of drug-likeness (QED) is 0.641. The molecule has 2 N–H and O–H groups in total. The fourth-order valence-corrected chi connectivity index (χ4v) is 0.575. The Balaban J connectivity index is 4.23. The van der Waals surface area contributed by atoms with Crippen molar-refractivity contribution in [1.82, 2.24) is 4.90 Å². The summed E-state index contributed by atoms with van der Waals surface area (Å²) < 4.78 is 0. The molecule has 0 aliphatic carbocycles. The molecule has 0 aliphatic rings. The number of carbonyl (C=O) groups excluding carboxylic acids is 1. The van der Waals surface area contributed by atoms with Crippen LogP contribution in [0.5, 0.6) is 0 Å². The molecule has 3 nitrogen and oxygen atoms in total. The molecule has 0 radical (unpaired) electrons. The first kappa shape index (κ1) is 11.0. The smallest absolute Gasteiger partial charge is 0.248 e. The maximum absolute atomic E-state index is 11.3. The van der Waals surface area contributed by atoms with E-state index in [-0.39, 0.29) is 11.8 Å². The summed E-state index contributed by atoms with van der Waals surface area (Å²) in [7, 11) is 1.76. The number of hydrogen-bond donors (Lipinski definition) is 1. The highest BCUT2D eigenvalue weighted by molar-refractivity contribution is 5.87. The topological polar surface area (TPSA) is 46.3 Å². The summed E-state index contributed by atoms with van der Waals surface area (Å²) in [6.45, 7) is 6.56. The Hall–Kier alpha value is -0.990. The summed E-state index contributed by atoms with van der Waals surface area (Å²) in [6, 6.07) is 0. The van der Waals surface area contributed by atoms with Crippen molar-refractivity contribution in [2.45, 2.75) is 20.8 Å². The van der Waals surface area contributed by atoms with Crippen LogP contribution < -0.4 is 5.73 Å². The van der Waals surface area contributed by atoms with Crippen LogP contribution in [-0.4, -0.2) is 24.4 Å².